The van der Waals surface area contributed by atoms with Crippen molar-refractivity contribution >= 4 is 11.8 Å². The molecule has 6 heteroatoms. The summed E-state index contributed by atoms with van der Waals surface area (Å²) in [7, 11) is 1.61. The van der Waals surface area contributed by atoms with Crippen LogP contribution in [-0.4, -0.2) is 29.9 Å². The molecule has 2 aromatic rings. The molecule has 3 rings (SSSR count). The monoisotopic (exact) mass is 426 g/mol. The van der Waals surface area contributed by atoms with E-state index in [1.165, 1.54) is 6.42 Å². The van der Waals surface area contributed by atoms with E-state index in [1.807, 2.05) is 30.3 Å². The zero-order valence-corrected chi connectivity index (χ0v) is 18.6. The Kier molecular flexibility index (Phi) is 8.56. The Bertz CT molecular complexity index is 811. The Hall–Kier alpha value is -2.76. The van der Waals surface area contributed by atoms with E-state index < -0.39 is 6.04 Å². The third-order valence-corrected chi connectivity index (χ3v) is 5.91. The van der Waals surface area contributed by atoms with E-state index in [9.17, 15) is 9.59 Å². The zero-order chi connectivity index (χ0) is 22.1. The first-order valence-corrected chi connectivity index (χ1v) is 11.4. The average molecular weight is 427 g/mol. The number of benzene rings is 1. The summed E-state index contributed by atoms with van der Waals surface area (Å²) in [6, 6.07) is 10.5. The van der Waals surface area contributed by atoms with Crippen LogP contribution in [0.1, 0.15) is 75.7 Å². The lowest BCUT2D eigenvalue weighted by atomic mass is 9.94. The first kappa shape index (κ1) is 22.9. The molecule has 1 N–H and O–H groups in total. The molecule has 1 saturated carbocycles. The Morgan fingerprint density at radius 2 is 1.90 bits per heavy atom. The molecule has 31 heavy (non-hydrogen) atoms. The van der Waals surface area contributed by atoms with E-state index in [1.54, 1.807) is 24.3 Å². The van der Waals surface area contributed by atoms with Crippen molar-refractivity contribution in [3.8, 4) is 5.75 Å². The molecule has 0 radical (unpaired) electrons. The van der Waals surface area contributed by atoms with Gasteiger partial charge in [0, 0.05) is 12.5 Å². The van der Waals surface area contributed by atoms with Gasteiger partial charge in [-0.2, -0.15) is 0 Å². The number of carbonyl (C=O) groups is 2. The maximum atomic E-state index is 13.5. The van der Waals surface area contributed by atoms with Gasteiger partial charge in [0.15, 0.2) is 0 Å². The Morgan fingerprint density at radius 1 is 1.16 bits per heavy atom. The summed E-state index contributed by atoms with van der Waals surface area (Å²) >= 11 is 0. The molecule has 1 aromatic carbocycles. The van der Waals surface area contributed by atoms with E-state index in [-0.39, 0.29) is 24.4 Å². The number of unbranched alkanes of at least 4 members (excludes halogenated alkanes) is 1. The van der Waals surface area contributed by atoms with Gasteiger partial charge < -0.3 is 19.4 Å². The normalized spacial score (nSPS) is 15.3. The van der Waals surface area contributed by atoms with Gasteiger partial charge in [-0.1, -0.05) is 44.7 Å². The number of nitrogens with one attached hydrogen (secondary N) is 1. The molecule has 1 aliphatic rings. The van der Waals surface area contributed by atoms with E-state index >= 15 is 0 Å². The van der Waals surface area contributed by atoms with Gasteiger partial charge in [-0.3, -0.25) is 9.59 Å². The molecule has 1 heterocycles. The molecule has 0 aliphatic heterocycles. The van der Waals surface area contributed by atoms with Gasteiger partial charge in [0.1, 0.15) is 17.6 Å². The molecule has 2 amide bonds. The minimum atomic E-state index is -0.720. The molecule has 1 unspecified atom stereocenters. The minimum Gasteiger partial charge on any atom is -0.497 e. The summed E-state index contributed by atoms with van der Waals surface area (Å²) in [4.78, 5) is 28.5. The highest BCUT2D eigenvalue weighted by molar-refractivity contribution is 5.89. The van der Waals surface area contributed by atoms with Crippen LogP contribution in [0.3, 0.4) is 0 Å². The van der Waals surface area contributed by atoms with Crippen LogP contribution in [0.2, 0.25) is 0 Å². The van der Waals surface area contributed by atoms with Crippen molar-refractivity contribution in [3.63, 3.8) is 0 Å². The number of hydrogen-bond acceptors (Lipinski definition) is 4. The fourth-order valence-corrected chi connectivity index (χ4v) is 4.15. The highest BCUT2D eigenvalue weighted by Crippen LogP contribution is 2.28. The third kappa shape index (κ3) is 6.36. The van der Waals surface area contributed by atoms with Crippen molar-refractivity contribution in [2.75, 3.05) is 7.11 Å². The third-order valence-electron chi connectivity index (χ3n) is 5.91. The van der Waals surface area contributed by atoms with E-state index in [0.29, 0.717) is 17.9 Å². The van der Waals surface area contributed by atoms with E-state index in [0.717, 1.165) is 44.1 Å². The molecule has 168 valence electrons. The smallest absolute Gasteiger partial charge is 0.247 e. The molecule has 6 nitrogen and oxygen atoms in total. The molecule has 1 fully saturated rings. The number of nitrogens with zero attached hydrogens (tertiary/aromatic N) is 1. The SMILES string of the molecule is CCCCC(=O)N(Cc1ccco1)C(C(=O)NC1CCCCC1)c1ccc(OC)cc1. The number of amides is 2. The van der Waals surface area contributed by atoms with Crippen molar-refractivity contribution in [1.82, 2.24) is 10.2 Å². The van der Waals surface area contributed by atoms with Crippen LogP contribution >= 0.6 is 0 Å². The number of methoxy groups -OCH3 is 1. The number of furan rings is 1. The maximum Gasteiger partial charge on any atom is 0.247 e. The van der Waals surface area contributed by atoms with Gasteiger partial charge in [-0.25, -0.2) is 0 Å². The summed E-state index contributed by atoms with van der Waals surface area (Å²) in [6.45, 7) is 2.31. The van der Waals surface area contributed by atoms with E-state index in [4.69, 9.17) is 9.15 Å². The van der Waals surface area contributed by atoms with Gasteiger partial charge in [-0.15, -0.1) is 0 Å². The van der Waals surface area contributed by atoms with Crippen LogP contribution in [0.25, 0.3) is 0 Å². The highest BCUT2D eigenvalue weighted by Gasteiger charge is 2.33. The predicted octanol–water partition coefficient (Wildman–Crippen LogP) is 5.00. The van der Waals surface area contributed by atoms with Crippen molar-refractivity contribution in [1.29, 1.82) is 0 Å². The van der Waals surface area contributed by atoms with Crippen LogP contribution in [-0.2, 0) is 16.1 Å². The van der Waals surface area contributed by atoms with Gasteiger partial charge in [0.2, 0.25) is 11.8 Å². The first-order chi connectivity index (χ1) is 15.1. The van der Waals surface area contributed by atoms with Crippen molar-refractivity contribution in [3.05, 3.63) is 54.0 Å². The Balaban J connectivity index is 1.91. The highest BCUT2D eigenvalue weighted by atomic mass is 16.5. The molecular formula is C25H34N2O4. The number of ether oxygens (including phenoxy) is 1. The van der Waals surface area contributed by atoms with Crippen molar-refractivity contribution in [2.24, 2.45) is 0 Å². The lowest BCUT2D eigenvalue weighted by Gasteiger charge is -2.33. The van der Waals surface area contributed by atoms with E-state index in [2.05, 4.69) is 12.2 Å². The van der Waals surface area contributed by atoms with Gasteiger partial charge in [0.05, 0.1) is 19.9 Å². The Morgan fingerprint density at radius 3 is 2.52 bits per heavy atom. The standard InChI is InChI=1S/C25H34N2O4/c1-3-4-12-23(28)27(18-22-11-8-17-31-22)24(19-13-15-21(30-2)16-14-19)25(29)26-20-9-6-5-7-10-20/h8,11,13-17,20,24H,3-7,9-10,12,18H2,1-2H3,(H,26,29). The van der Waals surface area contributed by atoms with Crippen LogP contribution in [0.15, 0.2) is 47.1 Å². The van der Waals surface area contributed by atoms with Crippen LogP contribution < -0.4 is 10.1 Å². The summed E-state index contributed by atoms with van der Waals surface area (Å²) in [6.07, 6.45) is 9.15. The van der Waals surface area contributed by atoms with Crippen molar-refractivity contribution in [2.45, 2.75) is 76.9 Å². The lowest BCUT2D eigenvalue weighted by Crippen LogP contribution is -2.46. The minimum absolute atomic E-state index is 0.0436. The molecule has 1 atom stereocenters. The molecule has 0 spiro atoms. The van der Waals surface area contributed by atoms with Crippen LogP contribution in [0, 0.1) is 0 Å². The maximum absolute atomic E-state index is 13.5. The van der Waals surface area contributed by atoms with Gasteiger partial charge >= 0.3 is 0 Å². The lowest BCUT2D eigenvalue weighted by molar-refractivity contribution is -0.142. The molecular weight excluding hydrogens is 392 g/mol. The van der Waals surface area contributed by atoms with Crippen molar-refractivity contribution < 1.29 is 18.7 Å². The molecule has 1 aliphatic carbocycles. The second kappa shape index (κ2) is 11.6. The summed E-state index contributed by atoms with van der Waals surface area (Å²) in [5.74, 6) is 1.20. The molecule has 0 bridgehead atoms. The summed E-state index contributed by atoms with van der Waals surface area (Å²) in [5, 5.41) is 3.22. The fourth-order valence-electron chi connectivity index (χ4n) is 4.15. The molecule has 1 aromatic heterocycles. The summed E-state index contributed by atoms with van der Waals surface area (Å²) < 4.78 is 10.8. The Labute approximate surface area is 184 Å². The second-order valence-electron chi connectivity index (χ2n) is 8.22. The van der Waals surface area contributed by atoms with Gasteiger partial charge in [0.25, 0.3) is 0 Å². The second-order valence-corrected chi connectivity index (χ2v) is 8.22. The summed E-state index contributed by atoms with van der Waals surface area (Å²) in [5.41, 5.74) is 0.769. The van der Waals surface area contributed by atoms with Gasteiger partial charge in [-0.05, 0) is 49.1 Å². The van der Waals surface area contributed by atoms with Crippen LogP contribution in [0.5, 0.6) is 5.75 Å². The number of carbonyl (C=O) groups excluding carboxylic acids is 2. The predicted molar refractivity (Wildman–Crippen MR) is 120 cm³/mol. The van der Waals surface area contributed by atoms with Crippen LogP contribution in [0.4, 0.5) is 0 Å². The fraction of sp³-hybridized carbons (Fsp3) is 0.520. The number of hydrogen-bond donors (Lipinski definition) is 1. The zero-order valence-electron chi connectivity index (χ0n) is 18.6. The topological polar surface area (TPSA) is 71.8 Å². The number of rotatable bonds is 10. The largest absolute Gasteiger partial charge is 0.497 e. The molecule has 0 saturated heterocycles. The first-order valence-electron chi connectivity index (χ1n) is 11.4. The average Bonchev–Trinajstić information content (AvgIpc) is 3.31. The quantitative estimate of drug-likeness (QED) is 0.580.